The molecular weight excluding hydrogens is 336 g/mol. The lowest BCUT2D eigenvalue weighted by Gasteiger charge is -2.35. The highest BCUT2D eigenvalue weighted by atomic mass is 16.5. The number of ether oxygens (including phenoxy) is 1. The molecule has 0 spiro atoms. The maximum atomic E-state index is 10.4. The Morgan fingerprint density at radius 1 is 0.963 bits per heavy atom. The van der Waals surface area contributed by atoms with E-state index in [0.29, 0.717) is 24.7 Å². The van der Waals surface area contributed by atoms with Crippen molar-refractivity contribution in [1.29, 1.82) is 0 Å². The van der Waals surface area contributed by atoms with Gasteiger partial charge < -0.3 is 9.84 Å². The number of benzene rings is 3. The van der Waals surface area contributed by atoms with E-state index >= 15 is 0 Å². The number of hydrogen-bond acceptors (Lipinski definition) is 3. The number of carbonyl (C=O) groups is 1. The Hall–Kier alpha value is -3.07. The van der Waals surface area contributed by atoms with Crippen molar-refractivity contribution in [2.24, 2.45) is 0 Å². The third-order valence-electron chi connectivity index (χ3n) is 5.47. The first-order valence-electron chi connectivity index (χ1n) is 9.27. The van der Waals surface area contributed by atoms with Crippen LogP contribution in [0.4, 0.5) is 0 Å². The third kappa shape index (κ3) is 3.59. The number of hydrogen-bond donors (Lipinski definition) is 1. The Morgan fingerprint density at radius 3 is 2.48 bits per heavy atom. The van der Waals surface area contributed by atoms with Crippen molar-refractivity contribution in [3.8, 4) is 5.75 Å². The fourth-order valence-corrected chi connectivity index (χ4v) is 4.23. The maximum absolute atomic E-state index is 10.4. The van der Waals surface area contributed by atoms with Crippen LogP contribution in [-0.4, -0.2) is 11.6 Å². The van der Waals surface area contributed by atoms with Gasteiger partial charge in [0.05, 0.1) is 0 Å². The minimum absolute atomic E-state index is 0.234. The second-order valence-corrected chi connectivity index (χ2v) is 7.07. The minimum atomic E-state index is 0.234. The van der Waals surface area contributed by atoms with E-state index in [1.807, 2.05) is 18.2 Å². The molecular formula is C24H22O3. The number of phenols is 1. The quantitative estimate of drug-likeness (QED) is 0.658. The van der Waals surface area contributed by atoms with Crippen LogP contribution < -0.4 is 0 Å². The Kier molecular flexibility index (Phi) is 4.93. The van der Waals surface area contributed by atoms with Gasteiger partial charge in [0.2, 0.25) is 0 Å². The van der Waals surface area contributed by atoms with Gasteiger partial charge in [-0.05, 0) is 58.7 Å². The molecule has 0 radical (unpaired) electrons. The zero-order valence-corrected chi connectivity index (χ0v) is 15.0. The second kappa shape index (κ2) is 7.67. The highest BCUT2D eigenvalue weighted by Crippen LogP contribution is 2.46. The molecule has 0 heterocycles. The van der Waals surface area contributed by atoms with Gasteiger partial charge in [-0.25, -0.2) is 0 Å². The van der Waals surface area contributed by atoms with Gasteiger partial charge in [-0.3, -0.25) is 4.79 Å². The molecule has 0 saturated carbocycles. The number of carbonyl (C=O) groups excluding carboxylic acids is 1. The fraction of sp³-hybridized carbons (Fsp3) is 0.208. The number of aryl methyl sites for hydroxylation is 1. The number of fused-ring (bicyclic) bond motifs is 1. The fourth-order valence-electron chi connectivity index (χ4n) is 4.23. The summed E-state index contributed by atoms with van der Waals surface area (Å²) in [5, 5.41) is 9.90. The molecule has 4 rings (SSSR count). The van der Waals surface area contributed by atoms with Crippen LogP contribution in [-0.2, 0) is 22.6 Å². The van der Waals surface area contributed by atoms with Crippen molar-refractivity contribution in [2.75, 3.05) is 0 Å². The molecule has 136 valence electrons. The van der Waals surface area contributed by atoms with E-state index in [0.717, 1.165) is 18.4 Å². The van der Waals surface area contributed by atoms with E-state index in [1.54, 1.807) is 6.07 Å². The zero-order chi connectivity index (χ0) is 18.6. The van der Waals surface area contributed by atoms with Crippen LogP contribution in [0.1, 0.15) is 46.1 Å². The molecule has 3 aromatic rings. The van der Waals surface area contributed by atoms with Gasteiger partial charge >= 0.3 is 0 Å². The Bertz CT molecular complexity index is 916. The summed E-state index contributed by atoms with van der Waals surface area (Å²) in [6.07, 6.45) is 2.01. The van der Waals surface area contributed by atoms with Crippen molar-refractivity contribution in [2.45, 2.75) is 31.3 Å². The molecule has 0 aliphatic heterocycles. The largest absolute Gasteiger partial charge is 0.508 e. The van der Waals surface area contributed by atoms with Crippen LogP contribution in [0, 0.1) is 0 Å². The van der Waals surface area contributed by atoms with E-state index in [-0.39, 0.29) is 5.92 Å². The van der Waals surface area contributed by atoms with E-state index in [2.05, 4.69) is 48.5 Å². The molecule has 1 N–H and O–H groups in total. The molecule has 2 atom stereocenters. The molecule has 0 fully saturated rings. The van der Waals surface area contributed by atoms with Crippen molar-refractivity contribution in [3.63, 3.8) is 0 Å². The van der Waals surface area contributed by atoms with Gasteiger partial charge in [0.25, 0.3) is 6.47 Å². The predicted octanol–water partition coefficient (Wildman–Crippen LogP) is 4.93. The number of aromatic hydroxyl groups is 1. The summed E-state index contributed by atoms with van der Waals surface area (Å²) in [4.78, 5) is 10.4. The summed E-state index contributed by atoms with van der Waals surface area (Å²) in [7, 11) is 0. The highest BCUT2D eigenvalue weighted by Gasteiger charge is 2.32. The molecule has 3 heteroatoms. The van der Waals surface area contributed by atoms with Gasteiger partial charge in [-0.2, -0.15) is 0 Å². The maximum Gasteiger partial charge on any atom is 0.293 e. The first-order valence-corrected chi connectivity index (χ1v) is 9.27. The lowest BCUT2D eigenvalue weighted by Crippen LogP contribution is -2.20. The second-order valence-electron chi connectivity index (χ2n) is 7.07. The summed E-state index contributed by atoms with van der Waals surface area (Å²) in [5.41, 5.74) is 6.06. The molecule has 0 bridgehead atoms. The van der Waals surface area contributed by atoms with Crippen LogP contribution in [0.2, 0.25) is 0 Å². The third-order valence-corrected chi connectivity index (χ3v) is 5.47. The van der Waals surface area contributed by atoms with E-state index in [4.69, 9.17) is 4.74 Å². The molecule has 0 unspecified atom stereocenters. The number of rotatable bonds is 5. The standard InChI is InChI=1S/C24H22O3/c25-16-27-15-17-6-8-19(9-7-17)24-22(18-4-2-1-3-5-18)12-10-20-14-21(26)11-13-23(20)24/h1-9,11,13-14,16,22,24,26H,10,12,15H2/t22-,24+/m0/s1. The van der Waals surface area contributed by atoms with E-state index in [1.165, 1.54) is 22.3 Å². The normalized spacial score (nSPS) is 18.5. The summed E-state index contributed by atoms with van der Waals surface area (Å²) in [5.74, 6) is 0.949. The summed E-state index contributed by atoms with van der Waals surface area (Å²) in [6, 6.07) is 24.7. The highest BCUT2D eigenvalue weighted by molar-refractivity contribution is 5.47. The van der Waals surface area contributed by atoms with Crippen molar-refractivity contribution >= 4 is 6.47 Å². The molecule has 0 amide bonds. The average Bonchev–Trinajstić information content (AvgIpc) is 2.72. The van der Waals surface area contributed by atoms with Crippen molar-refractivity contribution in [1.82, 2.24) is 0 Å². The predicted molar refractivity (Wildman–Crippen MR) is 105 cm³/mol. The van der Waals surface area contributed by atoms with Crippen LogP contribution in [0.25, 0.3) is 0 Å². The summed E-state index contributed by atoms with van der Waals surface area (Å²) < 4.78 is 4.86. The monoisotopic (exact) mass is 358 g/mol. The van der Waals surface area contributed by atoms with E-state index in [9.17, 15) is 9.90 Å². The Labute approximate surface area is 159 Å². The van der Waals surface area contributed by atoms with Gasteiger partial charge in [0, 0.05) is 5.92 Å². The lowest BCUT2D eigenvalue weighted by atomic mass is 9.69. The summed E-state index contributed by atoms with van der Waals surface area (Å²) in [6.45, 7) is 0.768. The summed E-state index contributed by atoms with van der Waals surface area (Å²) >= 11 is 0. The first kappa shape index (κ1) is 17.3. The molecule has 0 saturated heterocycles. The molecule has 3 nitrogen and oxygen atoms in total. The van der Waals surface area contributed by atoms with Crippen LogP contribution >= 0.6 is 0 Å². The lowest BCUT2D eigenvalue weighted by molar-refractivity contribution is -0.129. The minimum Gasteiger partial charge on any atom is -0.508 e. The SMILES string of the molecule is O=COCc1ccc([C@H]2c3ccc(O)cc3CC[C@H]2c2ccccc2)cc1. The number of phenolic OH excluding ortho intramolecular Hbond substituents is 1. The van der Waals surface area contributed by atoms with Crippen molar-refractivity contribution in [3.05, 3.63) is 101 Å². The molecule has 3 aromatic carbocycles. The van der Waals surface area contributed by atoms with Crippen LogP contribution in [0.15, 0.2) is 72.8 Å². The zero-order valence-electron chi connectivity index (χ0n) is 15.0. The van der Waals surface area contributed by atoms with Crippen molar-refractivity contribution < 1.29 is 14.6 Å². The molecule has 1 aliphatic carbocycles. The topological polar surface area (TPSA) is 46.5 Å². The van der Waals surface area contributed by atoms with Gasteiger partial charge in [0.1, 0.15) is 12.4 Å². The van der Waals surface area contributed by atoms with Crippen LogP contribution in [0.5, 0.6) is 5.75 Å². The molecule has 27 heavy (non-hydrogen) atoms. The van der Waals surface area contributed by atoms with E-state index < -0.39 is 0 Å². The smallest absolute Gasteiger partial charge is 0.293 e. The van der Waals surface area contributed by atoms with Gasteiger partial charge in [0.15, 0.2) is 0 Å². The van der Waals surface area contributed by atoms with Gasteiger partial charge in [-0.1, -0.05) is 60.7 Å². The molecule has 0 aromatic heterocycles. The van der Waals surface area contributed by atoms with Crippen LogP contribution in [0.3, 0.4) is 0 Å². The van der Waals surface area contributed by atoms with Gasteiger partial charge in [-0.15, -0.1) is 0 Å². The Balaban J connectivity index is 1.75. The molecule has 1 aliphatic rings. The Morgan fingerprint density at radius 2 is 1.74 bits per heavy atom. The first-order chi connectivity index (χ1) is 13.3. The average molecular weight is 358 g/mol.